The van der Waals surface area contributed by atoms with Gasteiger partial charge in [-0.15, -0.1) is 0 Å². The van der Waals surface area contributed by atoms with E-state index in [1.165, 1.54) is 37.3 Å². The lowest BCUT2D eigenvalue weighted by Crippen LogP contribution is -2.53. The van der Waals surface area contributed by atoms with Gasteiger partial charge in [0.1, 0.15) is 12.6 Å². The highest BCUT2D eigenvalue weighted by atomic mass is 35.5. The Labute approximate surface area is 263 Å². The molecule has 0 aliphatic heterocycles. The van der Waals surface area contributed by atoms with E-state index in [0.717, 1.165) is 4.31 Å². The minimum Gasteiger partial charge on any atom is -0.493 e. The fraction of sp³-hybridized carbons (Fsp3) is 0.355. The highest BCUT2D eigenvalue weighted by Gasteiger charge is 2.34. The number of carbonyl (C=O) groups excluding carboxylic acids is 2. The van der Waals surface area contributed by atoms with E-state index in [2.05, 4.69) is 5.32 Å². The number of hydrogen-bond acceptors (Lipinski definition) is 6. The first-order valence-electron chi connectivity index (χ1n) is 13.8. The summed E-state index contributed by atoms with van der Waals surface area (Å²) in [6.45, 7) is 5.05. The fourth-order valence-corrected chi connectivity index (χ4v) is 6.17. The van der Waals surface area contributed by atoms with E-state index >= 15 is 0 Å². The summed E-state index contributed by atoms with van der Waals surface area (Å²) in [6.07, 6.45) is 0.997. The lowest BCUT2D eigenvalue weighted by Gasteiger charge is -2.33. The molecule has 0 saturated heterocycles. The average Bonchev–Trinajstić information content (AvgIpc) is 3.01. The van der Waals surface area contributed by atoms with Crippen LogP contribution in [0.4, 0.5) is 5.69 Å². The number of rotatable bonds is 14. The van der Waals surface area contributed by atoms with Gasteiger partial charge < -0.3 is 19.7 Å². The number of benzene rings is 3. The first-order valence-corrected chi connectivity index (χ1v) is 16.0. The van der Waals surface area contributed by atoms with Crippen molar-refractivity contribution in [3.05, 3.63) is 82.3 Å². The van der Waals surface area contributed by atoms with Crippen molar-refractivity contribution in [2.24, 2.45) is 0 Å². The summed E-state index contributed by atoms with van der Waals surface area (Å²) in [7, 11) is -1.43. The smallest absolute Gasteiger partial charge is 0.264 e. The van der Waals surface area contributed by atoms with Gasteiger partial charge in [-0.1, -0.05) is 61.3 Å². The molecule has 2 amide bonds. The van der Waals surface area contributed by atoms with Crippen LogP contribution in [0.1, 0.15) is 39.2 Å². The quantitative estimate of drug-likeness (QED) is 0.232. The largest absolute Gasteiger partial charge is 0.493 e. The molecule has 43 heavy (non-hydrogen) atoms. The van der Waals surface area contributed by atoms with Gasteiger partial charge in [-0.25, -0.2) is 8.42 Å². The number of amides is 2. The second-order valence-electron chi connectivity index (χ2n) is 9.88. The topological polar surface area (TPSA) is 105 Å². The summed E-state index contributed by atoms with van der Waals surface area (Å²) in [5.74, 6) is -0.337. The monoisotopic (exact) mass is 649 g/mol. The van der Waals surface area contributed by atoms with Crippen molar-refractivity contribution >= 4 is 50.7 Å². The van der Waals surface area contributed by atoms with Crippen molar-refractivity contribution < 1.29 is 27.5 Å². The maximum Gasteiger partial charge on any atom is 0.264 e. The molecule has 1 N–H and O–H groups in total. The fourth-order valence-electron chi connectivity index (χ4n) is 4.42. The van der Waals surface area contributed by atoms with E-state index in [0.29, 0.717) is 34.2 Å². The molecule has 0 bridgehead atoms. The molecule has 0 unspecified atom stereocenters. The van der Waals surface area contributed by atoms with Crippen molar-refractivity contribution in [1.82, 2.24) is 10.2 Å². The summed E-state index contributed by atoms with van der Waals surface area (Å²) >= 11 is 12.4. The zero-order valence-corrected chi connectivity index (χ0v) is 27.2. The van der Waals surface area contributed by atoms with Gasteiger partial charge in [-0.3, -0.25) is 13.9 Å². The van der Waals surface area contributed by atoms with Crippen molar-refractivity contribution in [2.75, 3.05) is 25.1 Å². The van der Waals surface area contributed by atoms with E-state index in [-0.39, 0.29) is 34.8 Å². The van der Waals surface area contributed by atoms with Crippen molar-refractivity contribution in [1.29, 1.82) is 0 Å². The predicted octanol–water partition coefficient (Wildman–Crippen LogP) is 5.93. The van der Waals surface area contributed by atoms with Crippen LogP contribution in [-0.4, -0.2) is 58.0 Å². The molecule has 3 aromatic rings. The number of halogens is 2. The number of para-hydroxylation sites is 1. The molecule has 0 aliphatic carbocycles. The van der Waals surface area contributed by atoms with Crippen LogP contribution in [0.5, 0.6) is 11.5 Å². The van der Waals surface area contributed by atoms with Gasteiger partial charge in [0.2, 0.25) is 11.8 Å². The summed E-state index contributed by atoms with van der Waals surface area (Å²) in [4.78, 5) is 28.9. The van der Waals surface area contributed by atoms with E-state index in [4.69, 9.17) is 32.7 Å². The van der Waals surface area contributed by atoms with Crippen LogP contribution in [0.25, 0.3) is 0 Å². The first-order chi connectivity index (χ1) is 20.5. The Morgan fingerprint density at radius 3 is 2.14 bits per heavy atom. The number of nitrogens with zero attached hydrogens (tertiary/aromatic N) is 2. The number of ether oxygens (including phenoxy) is 2. The number of sulfonamides is 1. The lowest BCUT2D eigenvalue weighted by molar-refractivity contribution is -0.140. The minimum atomic E-state index is -4.29. The second-order valence-corrected chi connectivity index (χ2v) is 12.6. The van der Waals surface area contributed by atoms with Crippen LogP contribution in [0.2, 0.25) is 10.0 Å². The third kappa shape index (κ3) is 8.34. The van der Waals surface area contributed by atoms with Crippen LogP contribution in [0.15, 0.2) is 71.6 Å². The van der Waals surface area contributed by atoms with Gasteiger partial charge in [-0.2, -0.15) is 0 Å². The van der Waals surface area contributed by atoms with Crippen LogP contribution in [0, 0.1) is 0 Å². The highest BCUT2D eigenvalue weighted by Crippen LogP contribution is 2.32. The lowest BCUT2D eigenvalue weighted by atomic mass is 10.1. The summed E-state index contributed by atoms with van der Waals surface area (Å²) in [5.41, 5.74) is 0.906. The van der Waals surface area contributed by atoms with Crippen molar-refractivity contribution in [3.8, 4) is 11.5 Å². The van der Waals surface area contributed by atoms with Gasteiger partial charge >= 0.3 is 0 Å². The Morgan fingerprint density at radius 2 is 1.56 bits per heavy atom. The van der Waals surface area contributed by atoms with Crippen LogP contribution >= 0.6 is 23.2 Å². The predicted molar refractivity (Wildman–Crippen MR) is 170 cm³/mol. The summed E-state index contributed by atoms with van der Waals surface area (Å²) in [5, 5.41) is 3.59. The minimum absolute atomic E-state index is 0.00118. The van der Waals surface area contributed by atoms with Crippen LogP contribution < -0.4 is 19.1 Å². The van der Waals surface area contributed by atoms with Crippen LogP contribution in [-0.2, 0) is 26.2 Å². The van der Waals surface area contributed by atoms with E-state index in [9.17, 15) is 18.0 Å². The highest BCUT2D eigenvalue weighted by molar-refractivity contribution is 7.92. The van der Waals surface area contributed by atoms with Gasteiger partial charge in [0, 0.05) is 18.7 Å². The molecule has 12 heteroatoms. The molecule has 0 fully saturated rings. The Hall–Kier alpha value is -3.47. The van der Waals surface area contributed by atoms with Crippen molar-refractivity contribution in [2.45, 2.75) is 57.1 Å². The summed E-state index contributed by atoms with van der Waals surface area (Å²) in [6, 6.07) is 16.5. The third-order valence-corrected chi connectivity index (χ3v) is 9.50. The zero-order valence-electron chi connectivity index (χ0n) is 24.8. The molecule has 0 heterocycles. The SMILES string of the molecule is CC[C@H](C)NC(=O)[C@H](CC)N(Cc1ccc(Cl)c(Cl)c1)C(=O)CN(c1ccccc1)S(=O)(=O)c1ccc(OC)c(OC)c1. The molecule has 0 saturated carbocycles. The average molecular weight is 651 g/mol. The zero-order chi connectivity index (χ0) is 31.7. The maximum absolute atomic E-state index is 14.2. The number of hydrogen-bond donors (Lipinski definition) is 1. The van der Waals surface area contributed by atoms with Crippen molar-refractivity contribution in [3.63, 3.8) is 0 Å². The molecule has 232 valence electrons. The molecule has 3 aromatic carbocycles. The molecule has 0 radical (unpaired) electrons. The number of anilines is 1. The van der Waals surface area contributed by atoms with E-state index in [1.54, 1.807) is 55.5 Å². The van der Waals surface area contributed by atoms with E-state index < -0.39 is 28.5 Å². The normalized spacial score (nSPS) is 12.6. The molecule has 0 aliphatic rings. The number of carbonyl (C=O) groups is 2. The molecule has 0 aromatic heterocycles. The standard InChI is InChI=1S/C31H37Cl2N3O6S/c1-6-21(3)34-31(38)27(7-2)35(19-22-13-15-25(32)26(33)17-22)30(37)20-36(23-11-9-8-10-12-23)43(39,40)24-14-16-28(41-4)29(18-24)42-5/h8-18,21,27H,6-7,19-20H2,1-5H3,(H,34,38)/t21-,27-/m0/s1. The van der Waals surface area contributed by atoms with Gasteiger partial charge in [0.25, 0.3) is 10.0 Å². The Morgan fingerprint density at radius 1 is 0.884 bits per heavy atom. The van der Waals surface area contributed by atoms with Crippen LogP contribution in [0.3, 0.4) is 0 Å². The molecule has 0 spiro atoms. The molecule has 2 atom stereocenters. The molecule has 3 rings (SSSR count). The maximum atomic E-state index is 14.2. The second kappa shape index (κ2) is 15.3. The Kier molecular flexibility index (Phi) is 12.1. The molecular weight excluding hydrogens is 613 g/mol. The number of nitrogens with one attached hydrogen (secondary N) is 1. The summed E-state index contributed by atoms with van der Waals surface area (Å²) < 4.78 is 39.8. The van der Waals surface area contributed by atoms with Gasteiger partial charge in [-0.05, 0) is 61.7 Å². The Balaban J connectivity index is 2.09. The number of methoxy groups -OCH3 is 2. The molecule has 9 nitrogen and oxygen atoms in total. The van der Waals surface area contributed by atoms with E-state index in [1.807, 2.05) is 13.8 Å². The Bertz CT molecular complexity index is 1520. The first kappa shape index (κ1) is 34.0. The molecular formula is C31H37Cl2N3O6S. The van der Waals surface area contributed by atoms with Gasteiger partial charge in [0.05, 0.1) is 34.8 Å². The van der Waals surface area contributed by atoms with Gasteiger partial charge in [0.15, 0.2) is 11.5 Å². The third-order valence-electron chi connectivity index (χ3n) is 6.99.